The molecule has 0 unspecified atom stereocenters. The number of anilines is 2. The van der Waals surface area contributed by atoms with Crippen LogP contribution >= 0.6 is 0 Å². The number of esters is 1. The van der Waals surface area contributed by atoms with Crippen molar-refractivity contribution in [3.05, 3.63) is 23.8 Å². The highest BCUT2D eigenvalue weighted by molar-refractivity contribution is 5.98. The van der Waals surface area contributed by atoms with Crippen molar-refractivity contribution >= 4 is 23.3 Å². The van der Waals surface area contributed by atoms with E-state index in [-0.39, 0.29) is 11.9 Å². The lowest BCUT2D eigenvalue weighted by molar-refractivity contribution is -0.115. The maximum atomic E-state index is 11.5. The number of hydrogen-bond acceptors (Lipinski definition) is 4. The van der Waals surface area contributed by atoms with E-state index in [9.17, 15) is 9.59 Å². The summed E-state index contributed by atoms with van der Waals surface area (Å²) in [5, 5.41) is 5.87. The molecule has 0 bridgehead atoms. The minimum Gasteiger partial charge on any atom is -0.462 e. The zero-order valence-corrected chi connectivity index (χ0v) is 9.58. The van der Waals surface area contributed by atoms with Crippen LogP contribution in [0, 0.1) is 0 Å². The molecule has 1 aromatic rings. The molecule has 1 heterocycles. The smallest absolute Gasteiger partial charge is 0.338 e. The molecule has 90 valence electrons. The van der Waals surface area contributed by atoms with Crippen LogP contribution in [0.4, 0.5) is 11.4 Å². The van der Waals surface area contributed by atoms with E-state index < -0.39 is 0 Å². The fourth-order valence-electron chi connectivity index (χ4n) is 1.66. The van der Waals surface area contributed by atoms with Gasteiger partial charge in [0.25, 0.3) is 0 Å². The molecule has 5 heteroatoms. The van der Waals surface area contributed by atoms with Gasteiger partial charge >= 0.3 is 5.97 Å². The topological polar surface area (TPSA) is 67.4 Å². The van der Waals surface area contributed by atoms with Gasteiger partial charge in [0.15, 0.2) is 0 Å². The number of ether oxygens (including phenoxy) is 1. The van der Waals surface area contributed by atoms with E-state index in [1.54, 1.807) is 25.1 Å². The average molecular weight is 234 g/mol. The van der Waals surface area contributed by atoms with Crippen LogP contribution < -0.4 is 10.6 Å². The third-order valence-electron chi connectivity index (χ3n) is 2.47. The van der Waals surface area contributed by atoms with Crippen molar-refractivity contribution < 1.29 is 14.3 Å². The molecule has 0 spiro atoms. The Hall–Kier alpha value is -2.04. The second kappa shape index (κ2) is 4.86. The average Bonchev–Trinajstić information content (AvgIpc) is 2.49. The minimum absolute atomic E-state index is 0.0277. The number of hydrogen-bond donors (Lipinski definition) is 2. The number of amides is 1. The Morgan fingerprint density at radius 3 is 3.00 bits per heavy atom. The van der Waals surface area contributed by atoms with Crippen molar-refractivity contribution in [2.24, 2.45) is 0 Å². The first kappa shape index (κ1) is 11.4. The number of rotatable bonds is 2. The normalized spacial score (nSPS) is 14.1. The Bertz CT molecular complexity index is 457. The van der Waals surface area contributed by atoms with Gasteiger partial charge in [-0.15, -0.1) is 0 Å². The molecule has 1 aliphatic heterocycles. The van der Waals surface area contributed by atoms with Crippen molar-refractivity contribution in [2.45, 2.75) is 13.3 Å². The molecular formula is C12H14N2O3. The van der Waals surface area contributed by atoms with Crippen LogP contribution in [-0.4, -0.2) is 25.0 Å². The number of fused-ring (bicyclic) bond motifs is 1. The minimum atomic E-state index is -0.354. The van der Waals surface area contributed by atoms with Gasteiger partial charge in [0.1, 0.15) is 0 Å². The molecular weight excluding hydrogens is 220 g/mol. The molecule has 0 saturated heterocycles. The van der Waals surface area contributed by atoms with Crippen molar-refractivity contribution in [3.8, 4) is 0 Å². The summed E-state index contributed by atoms with van der Waals surface area (Å²) in [7, 11) is 0. The molecule has 0 aromatic heterocycles. The Kier molecular flexibility index (Phi) is 3.27. The highest BCUT2D eigenvalue weighted by Crippen LogP contribution is 2.25. The Morgan fingerprint density at radius 1 is 1.41 bits per heavy atom. The largest absolute Gasteiger partial charge is 0.462 e. The van der Waals surface area contributed by atoms with E-state index >= 15 is 0 Å². The maximum absolute atomic E-state index is 11.5. The van der Waals surface area contributed by atoms with Gasteiger partial charge in [-0.05, 0) is 25.1 Å². The van der Waals surface area contributed by atoms with Gasteiger partial charge in [0, 0.05) is 13.0 Å². The number of carbonyl (C=O) groups is 2. The predicted molar refractivity (Wildman–Crippen MR) is 64.1 cm³/mol. The summed E-state index contributed by atoms with van der Waals surface area (Å²) in [6.07, 6.45) is 0.420. The van der Waals surface area contributed by atoms with Crippen LogP contribution in [0.3, 0.4) is 0 Å². The lowest BCUT2D eigenvalue weighted by Gasteiger charge is -2.09. The molecule has 2 rings (SSSR count). The number of carbonyl (C=O) groups excluding carboxylic acids is 2. The maximum Gasteiger partial charge on any atom is 0.338 e. The van der Waals surface area contributed by atoms with Crippen LogP contribution in [0.5, 0.6) is 0 Å². The molecule has 1 aliphatic rings. The fraction of sp³-hybridized carbons (Fsp3) is 0.333. The standard InChI is InChI=1S/C12H14N2O3/c1-2-17-12(16)8-3-4-9-10(7-8)13-6-5-11(15)14-9/h3-4,7,13H,2,5-6H2,1H3,(H,14,15). The van der Waals surface area contributed by atoms with Crippen molar-refractivity contribution in [2.75, 3.05) is 23.8 Å². The van der Waals surface area contributed by atoms with Gasteiger partial charge in [-0.2, -0.15) is 0 Å². The zero-order valence-electron chi connectivity index (χ0n) is 9.58. The molecule has 5 nitrogen and oxygen atoms in total. The van der Waals surface area contributed by atoms with Gasteiger partial charge in [-0.3, -0.25) is 4.79 Å². The molecule has 0 aliphatic carbocycles. The van der Waals surface area contributed by atoms with E-state index in [4.69, 9.17) is 4.74 Å². The molecule has 1 amide bonds. The summed E-state index contributed by atoms with van der Waals surface area (Å²) < 4.78 is 4.92. The molecule has 0 atom stereocenters. The van der Waals surface area contributed by atoms with Gasteiger partial charge < -0.3 is 15.4 Å². The van der Waals surface area contributed by atoms with Crippen molar-refractivity contribution in [1.82, 2.24) is 0 Å². The predicted octanol–water partition coefficient (Wildman–Crippen LogP) is 1.62. The van der Waals surface area contributed by atoms with Crippen LogP contribution in [-0.2, 0) is 9.53 Å². The number of benzene rings is 1. The summed E-state index contributed by atoms with van der Waals surface area (Å²) in [4.78, 5) is 22.9. The van der Waals surface area contributed by atoms with E-state index in [0.29, 0.717) is 30.8 Å². The molecule has 2 N–H and O–H groups in total. The van der Waals surface area contributed by atoms with Crippen molar-refractivity contribution in [1.29, 1.82) is 0 Å². The lowest BCUT2D eigenvalue weighted by atomic mass is 10.1. The molecule has 1 aromatic carbocycles. The molecule has 0 radical (unpaired) electrons. The first-order valence-corrected chi connectivity index (χ1v) is 5.55. The van der Waals surface area contributed by atoms with Crippen LogP contribution in [0.1, 0.15) is 23.7 Å². The van der Waals surface area contributed by atoms with Crippen LogP contribution in [0.15, 0.2) is 18.2 Å². The van der Waals surface area contributed by atoms with Gasteiger partial charge in [-0.1, -0.05) is 0 Å². The summed E-state index contributed by atoms with van der Waals surface area (Å²) in [5.41, 5.74) is 1.93. The molecule has 17 heavy (non-hydrogen) atoms. The quantitative estimate of drug-likeness (QED) is 0.763. The van der Waals surface area contributed by atoms with Crippen molar-refractivity contribution in [3.63, 3.8) is 0 Å². The zero-order chi connectivity index (χ0) is 12.3. The summed E-state index contributed by atoms with van der Waals surface area (Å²) in [5.74, 6) is -0.382. The number of nitrogens with one attached hydrogen (secondary N) is 2. The third kappa shape index (κ3) is 2.55. The second-order valence-corrected chi connectivity index (χ2v) is 3.71. The third-order valence-corrected chi connectivity index (χ3v) is 2.47. The highest BCUT2D eigenvalue weighted by atomic mass is 16.5. The Morgan fingerprint density at radius 2 is 2.24 bits per heavy atom. The summed E-state index contributed by atoms with van der Waals surface area (Å²) in [6, 6.07) is 5.04. The monoisotopic (exact) mass is 234 g/mol. The van der Waals surface area contributed by atoms with E-state index in [1.165, 1.54) is 0 Å². The van der Waals surface area contributed by atoms with Gasteiger partial charge in [-0.25, -0.2) is 4.79 Å². The van der Waals surface area contributed by atoms with Crippen LogP contribution in [0.25, 0.3) is 0 Å². The Balaban J connectivity index is 2.27. The van der Waals surface area contributed by atoms with Gasteiger partial charge in [0.05, 0.1) is 23.5 Å². The summed E-state index contributed by atoms with van der Waals surface area (Å²) in [6.45, 7) is 2.67. The molecule has 0 fully saturated rings. The fourth-order valence-corrected chi connectivity index (χ4v) is 1.66. The van der Waals surface area contributed by atoms with E-state index in [0.717, 1.165) is 5.69 Å². The van der Waals surface area contributed by atoms with E-state index in [1.807, 2.05) is 0 Å². The first-order valence-electron chi connectivity index (χ1n) is 5.55. The second-order valence-electron chi connectivity index (χ2n) is 3.71. The van der Waals surface area contributed by atoms with Gasteiger partial charge in [0.2, 0.25) is 5.91 Å². The first-order chi connectivity index (χ1) is 8.20. The van der Waals surface area contributed by atoms with E-state index in [2.05, 4.69) is 10.6 Å². The summed E-state index contributed by atoms with van der Waals surface area (Å²) >= 11 is 0. The van der Waals surface area contributed by atoms with Crippen LogP contribution in [0.2, 0.25) is 0 Å². The molecule has 0 saturated carbocycles. The Labute approximate surface area is 99.2 Å². The highest BCUT2D eigenvalue weighted by Gasteiger charge is 2.14. The SMILES string of the molecule is CCOC(=O)c1ccc2c(c1)NCCC(=O)N2. The lowest BCUT2D eigenvalue weighted by Crippen LogP contribution is -2.10.